The van der Waals surface area contributed by atoms with Gasteiger partial charge in [-0.05, 0) is 76.5 Å². The highest BCUT2D eigenvalue weighted by Gasteiger charge is 2.63. The number of hydrogen-bond acceptors (Lipinski definition) is 10. The van der Waals surface area contributed by atoms with Gasteiger partial charge in [0, 0.05) is 36.8 Å². The minimum absolute atomic E-state index is 0.0465. The van der Waals surface area contributed by atoms with Gasteiger partial charge < -0.3 is 31.1 Å². The molecule has 3 aliphatic carbocycles. The second-order valence-electron chi connectivity index (χ2n) is 11.9. The van der Waals surface area contributed by atoms with Gasteiger partial charge in [-0.2, -0.15) is 0 Å². The summed E-state index contributed by atoms with van der Waals surface area (Å²) < 4.78 is 0. The van der Waals surface area contributed by atoms with E-state index in [1.807, 2.05) is 14.1 Å². The standard InChI is InChI=1S/C29H38N4O7/c1-6-8-32(4)17-7-9-33(5)22-14(17)12-18(34)20-15(22)10-13-11-16-23(31(2)3)25(36)21(28(30)39)27(38)29(16,40)26(37)19(13)24(20)35/h12-13,16-17,23,34,36-37,40H,6-11H2,1-5H3,(H2,30,39)/t13-,16-,17?,23-,29+/m1/s1. The van der Waals surface area contributed by atoms with E-state index in [9.17, 15) is 34.8 Å². The molecule has 216 valence electrons. The fourth-order valence-corrected chi connectivity index (χ4v) is 7.59. The molecule has 1 unspecified atom stereocenters. The van der Waals surface area contributed by atoms with E-state index in [1.54, 1.807) is 25.1 Å². The van der Waals surface area contributed by atoms with Crippen LogP contribution in [-0.4, -0.2) is 101 Å². The molecule has 0 fully saturated rings. The van der Waals surface area contributed by atoms with Gasteiger partial charge in [0.2, 0.25) is 5.78 Å². The second-order valence-corrected chi connectivity index (χ2v) is 11.9. The van der Waals surface area contributed by atoms with Gasteiger partial charge >= 0.3 is 0 Å². The number of anilines is 1. The number of nitrogens with zero attached hydrogens (tertiary/aromatic N) is 3. The van der Waals surface area contributed by atoms with Crippen LogP contribution in [0, 0.1) is 11.8 Å². The molecular weight excluding hydrogens is 516 g/mol. The lowest BCUT2D eigenvalue weighted by molar-refractivity contribution is -0.148. The maximum Gasteiger partial charge on any atom is 0.255 e. The molecule has 0 radical (unpaired) electrons. The number of aliphatic hydroxyl groups excluding tert-OH is 2. The Morgan fingerprint density at radius 2 is 1.88 bits per heavy atom. The highest BCUT2D eigenvalue weighted by Crippen LogP contribution is 2.54. The summed E-state index contributed by atoms with van der Waals surface area (Å²) in [5.74, 6) is -6.43. The van der Waals surface area contributed by atoms with Gasteiger partial charge in [0.25, 0.3) is 5.91 Å². The number of carbonyl (C=O) groups excluding carboxylic acids is 3. The van der Waals surface area contributed by atoms with E-state index in [0.29, 0.717) is 5.56 Å². The molecule has 5 rings (SSSR count). The van der Waals surface area contributed by atoms with Crippen LogP contribution in [0.3, 0.4) is 0 Å². The number of fused-ring (bicyclic) bond motifs is 5. The Labute approximate surface area is 233 Å². The molecule has 0 aromatic heterocycles. The molecule has 11 nitrogen and oxygen atoms in total. The van der Waals surface area contributed by atoms with Crippen LogP contribution in [0.15, 0.2) is 28.7 Å². The largest absolute Gasteiger partial charge is 0.510 e. The van der Waals surface area contributed by atoms with Crippen LogP contribution >= 0.6 is 0 Å². The molecular formula is C29H38N4O7. The molecule has 0 saturated heterocycles. The minimum atomic E-state index is -2.64. The first-order chi connectivity index (χ1) is 18.8. The van der Waals surface area contributed by atoms with Gasteiger partial charge in [-0.1, -0.05) is 6.92 Å². The summed E-state index contributed by atoms with van der Waals surface area (Å²) in [6.07, 6.45) is 2.17. The molecule has 1 amide bonds. The number of rotatable bonds is 5. The molecule has 11 heteroatoms. The molecule has 0 saturated carbocycles. The third-order valence-electron chi connectivity index (χ3n) is 9.31. The fourth-order valence-electron chi connectivity index (χ4n) is 7.59. The van der Waals surface area contributed by atoms with Crippen molar-refractivity contribution in [2.24, 2.45) is 17.6 Å². The average molecular weight is 555 g/mol. The first-order valence-electron chi connectivity index (χ1n) is 13.7. The summed E-state index contributed by atoms with van der Waals surface area (Å²) in [6, 6.07) is 0.664. The number of carbonyl (C=O) groups is 3. The Bertz CT molecular complexity index is 1380. The van der Waals surface area contributed by atoms with Crippen molar-refractivity contribution >= 4 is 23.2 Å². The predicted octanol–water partition coefficient (Wildman–Crippen LogP) is 1.34. The second kappa shape index (κ2) is 9.60. The van der Waals surface area contributed by atoms with Gasteiger partial charge in [0.1, 0.15) is 22.8 Å². The predicted molar refractivity (Wildman–Crippen MR) is 147 cm³/mol. The number of likely N-dealkylation sites (N-methyl/N-ethyl adjacent to an activating group) is 1. The van der Waals surface area contributed by atoms with Gasteiger partial charge in [0.15, 0.2) is 11.4 Å². The zero-order valence-electron chi connectivity index (χ0n) is 23.6. The third kappa shape index (κ3) is 3.71. The van der Waals surface area contributed by atoms with Crippen LogP contribution in [0.4, 0.5) is 5.69 Å². The van der Waals surface area contributed by atoms with Gasteiger partial charge in [-0.25, -0.2) is 0 Å². The molecule has 0 bridgehead atoms. The first kappa shape index (κ1) is 28.1. The zero-order chi connectivity index (χ0) is 29.4. The normalized spacial score (nSPS) is 29.9. The van der Waals surface area contributed by atoms with Crippen LogP contribution < -0.4 is 10.6 Å². The number of Topliss-reactive ketones (excluding diaryl/α,β-unsaturated/α-hetero) is 2. The number of benzene rings is 1. The summed E-state index contributed by atoms with van der Waals surface area (Å²) >= 11 is 0. The first-order valence-corrected chi connectivity index (χ1v) is 13.7. The van der Waals surface area contributed by atoms with Crippen molar-refractivity contribution < 1.29 is 34.8 Å². The Kier molecular flexibility index (Phi) is 6.75. The Hall–Kier alpha value is -3.41. The van der Waals surface area contributed by atoms with Crippen LogP contribution in [0.25, 0.3) is 0 Å². The van der Waals surface area contributed by atoms with Crippen molar-refractivity contribution in [2.45, 2.75) is 50.3 Å². The lowest BCUT2D eigenvalue weighted by Gasteiger charge is -2.50. The van der Waals surface area contributed by atoms with Crippen LogP contribution in [0.2, 0.25) is 0 Å². The molecule has 4 aliphatic rings. The van der Waals surface area contributed by atoms with Crippen LogP contribution in [0.1, 0.15) is 53.7 Å². The molecule has 6 N–H and O–H groups in total. The van der Waals surface area contributed by atoms with Crippen molar-refractivity contribution in [1.82, 2.24) is 9.80 Å². The van der Waals surface area contributed by atoms with E-state index >= 15 is 0 Å². The van der Waals surface area contributed by atoms with E-state index in [4.69, 9.17) is 5.73 Å². The third-order valence-corrected chi connectivity index (χ3v) is 9.31. The number of nitrogens with two attached hydrogens (primary N) is 1. The number of allylic oxidation sites excluding steroid dienone is 1. The lowest BCUT2D eigenvalue weighted by Crippen LogP contribution is -2.63. The quantitative estimate of drug-likeness (QED) is 0.335. The number of phenols is 1. The summed E-state index contributed by atoms with van der Waals surface area (Å²) in [4.78, 5) is 45.5. The van der Waals surface area contributed by atoms with E-state index < -0.39 is 58.0 Å². The molecule has 5 atom stereocenters. The molecule has 40 heavy (non-hydrogen) atoms. The van der Waals surface area contributed by atoms with Crippen molar-refractivity contribution in [3.05, 3.63) is 45.4 Å². The van der Waals surface area contributed by atoms with Crippen LogP contribution in [0.5, 0.6) is 5.75 Å². The highest BCUT2D eigenvalue weighted by molar-refractivity contribution is 6.24. The van der Waals surface area contributed by atoms with Gasteiger partial charge in [-0.3, -0.25) is 24.2 Å². The maximum absolute atomic E-state index is 14.0. The van der Waals surface area contributed by atoms with Gasteiger partial charge in [0.05, 0.1) is 11.6 Å². The van der Waals surface area contributed by atoms with E-state index in [0.717, 1.165) is 37.2 Å². The number of aliphatic hydroxyl groups is 3. The van der Waals surface area contributed by atoms with Gasteiger partial charge in [-0.15, -0.1) is 0 Å². The van der Waals surface area contributed by atoms with Crippen molar-refractivity contribution in [3.63, 3.8) is 0 Å². The van der Waals surface area contributed by atoms with Crippen molar-refractivity contribution in [2.75, 3.05) is 46.2 Å². The van der Waals surface area contributed by atoms with Crippen molar-refractivity contribution in [3.8, 4) is 5.75 Å². The highest BCUT2D eigenvalue weighted by atomic mass is 16.3. The Balaban J connectivity index is 1.70. The number of ketones is 2. The summed E-state index contributed by atoms with van der Waals surface area (Å²) in [7, 11) is 7.23. The van der Waals surface area contributed by atoms with Crippen LogP contribution in [-0.2, 0) is 16.0 Å². The smallest absolute Gasteiger partial charge is 0.255 e. The average Bonchev–Trinajstić information content (AvgIpc) is 2.85. The maximum atomic E-state index is 14.0. The van der Waals surface area contributed by atoms with E-state index in [2.05, 4.69) is 16.7 Å². The summed E-state index contributed by atoms with van der Waals surface area (Å²) in [5, 5.41) is 45.4. The molecule has 1 aromatic rings. The lowest BCUT2D eigenvalue weighted by atomic mass is 9.58. The number of aromatic hydroxyl groups is 1. The Morgan fingerprint density at radius 1 is 1.20 bits per heavy atom. The SMILES string of the molecule is CCCN(C)C1CCN(C)c2c1cc(O)c1c2C[C@@H]2C[C@@H]3[C@@H](N(C)C)C(O)=C(C(N)=O)C(=O)[C@@]3(O)C(O)=C2C1=O. The molecule has 0 spiro atoms. The fraction of sp³-hybridized carbons (Fsp3) is 0.552. The number of amides is 1. The minimum Gasteiger partial charge on any atom is -0.510 e. The number of phenolic OH excluding ortho intramolecular Hbond substituents is 1. The van der Waals surface area contributed by atoms with E-state index in [1.165, 1.54) is 0 Å². The van der Waals surface area contributed by atoms with E-state index in [-0.39, 0.29) is 35.8 Å². The monoisotopic (exact) mass is 554 g/mol. The van der Waals surface area contributed by atoms with Crippen molar-refractivity contribution in [1.29, 1.82) is 0 Å². The molecule has 1 aromatic carbocycles. The summed E-state index contributed by atoms with van der Waals surface area (Å²) in [5.41, 5.74) is 4.33. The summed E-state index contributed by atoms with van der Waals surface area (Å²) in [6.45, 7) is 3.73. The number of hydrogen-bond donors (Lipinski definition) is 5. The zero-order valence-corrected chi connectivity index (χ0v) is 23.6. The Morgan fingerprint density at radius 3 is 2.48 bits per heavy atom. The number of primary amides is 1. The topological polar surface area (TPSA) is 168 Å². The molecule has 1 aliphatic heterocycles. The molecule has 1 heterocycles.